The third-order valence-corrected chi connectivity index (χ3v) is 4.99. The molecule has 0 N–H and O–H groups in total. The van der Waals surface area contributed by atoms with Gasteiger partial charge in [0.15, 0.2) is 22.8 Å². The van der Waals surface area contributed by atoms with E-state index in [9.17, 15) is 0 Å². The van der Waals surface area contributed by atoms with Gasteiger partial charge in [0.25, 0.3) is 0 Å². The quantitative estimate of drug-likeness (QED) is 0.481. The van der Waals surface area contributed by atoms with Gasteiger partial charge in [-0.25, -0.2) is 19.9 Å². The Morgan fingerprint density at radius 1 is 0.929 bits per heavy atom. The molecule has 5 rings (SSSR count). The molecule has 1 fully saturated rings. The smallest absolute Gasteiger partial charge is 0.203 e. The summed E-state index contributed by atoms with van der Waals surface area (Å²) in [6, 6.07) is 0. The first-order valence-corrected chi connectivity index (χ1v) is 9.14. The number of hydrogen-bond acceptors (Lipinski definition) is 9. The van der Waals surface area contributed by atoms with Gasteiger partial charge in [-0.05, 0) is 0 Å². The molecule has 1 aliphatic heterocycles. The van der Waals surface area contributed by atoms with Gasteiger partial charge in [0.1, 0.15) is 12.7 Å². The maximum absolute atomic E-state index is 5.16. The van der Waals surface area contributed by atoms with E-state index in [1.807, 2.05) is 15.2 Å². The van der Waals surface area contributed by atoms with E-state index in [1.54, 1.807) is 32.3 Å². The van der Waals surface area contributed by atoms with E-state index in [0.29, 0.717) is 13.2 Å². The van der Waals surface area contributed by atoms with Gasteiger partial charge in [0, 0.05) is 52.2 Å². The zero-order valence-electron chi connectivity index (χ0n) is 15.5. The Morgan fingerprint density at radius 3 is 2.57 bits per heavy atom. The number of rotatable bonds is 5. The summed E-state index contributed by atoms with van der Waals surface area (Å²) in [5, 5.41) is 8.17. The molecule has 0 radical (unpaired) electrons. The van der Waals surface area contributed by atoms with E-state index in [1.165, 1.54) is 0 Å². The van der Waals surface area contributed by atoms with Crippen LogP contribution in [0.4, 0.5) is 11.6 Å². The number of nitrogens with zero attached hydrogens (tertiary/aromatic N) is 10. The number of aromatic nitrogens is 8. The standard InChI is InChI=1S/C17H20N10O/c1-28-9-8-27-11-21-13-14(19-10-20-15(13)27)24-4-6-25(7-5-24)16-17-23-22-12-26(17)3-2-18-16/h2-3,10-12H,4-9H2,1H3. The van der Waals surface area contributed by atoms with Gasteiger partial charge in [0.05, 0.1) is 12.9 Å². The van der Waals surface area contributed by atoms with Gasteiger partial charge >= 0.3 is 0 Å². The highest BCUT2D eigenvalue weighted by Crippen LogP contribution is 2.24. The summed E-state index contributed by atoms with van der Waals surface area (Å²) in [7, 11) is 1.69. The molecule has 4 aromatic heterocycles. The number of ether oxygens (including phenoxy) is 1. The molecule has 0 atom stereocenters. The van der Waals surface area contributed by atoms with Crippen molar-refractivity contribution >= 4 is 28.4 Å². The predicted octanol–water partition coefficient (Wildman–Crippen LogP) is 0.237. The minimum absolute atomic E-state index is 0.616. The van der Waals surface area contributed by atoms with Crippen molar-refractivity contribution in [2.45, 2.75) is 6.54 Å². The molecule has 4 aromatic rings. The Balaban J connectivity index is 1.37. The highest BCUT2D eigenvalue weighted by atomic mass is 16.5. The largest absolute Gasteiger partial charge is 0.383 e. The molecule has 0 amide bonds. The number of methoxy groups -OCH3 is 1. The lowest BCUT2D eigenvalue weighted by molar-refractivity contribution is 0.188. The molecule has 1 saturated heterocycles. The highest BCUT2D eigenvalue weighted by molar-refractivity contribution is 5.83. The normalized spacial score (nSPS) is 15.0. The molecule has 5 heterocycles. The van der Waals surface area contributed by atoms with Crippen LogP contribution in [0.5, 0.6) is 0 Å². The van der Waals surface area contributed by atoms with Crippen molar-refractivity contribution in [1.29, 1.82) is 0 Å². The van der Waals surface area contributed by atoms with E-state index in [-0.39, 0.29) is 0 Å². The van der Waals surface area contributed by atoms with Crippen LogP contribution < -0.4 is 9.80 Å². The average molecular weight is 380 g/mol. The second-order valence-corrected chi connectivity index (χ2v) is 6.59. The van der Waals surface area contributed by atoms with Crippen molar-refractivity contribution in [3.8, 4) is 0 Å². The summed E-state index contributed by atoms with van der Waals surface area (Å²) in [5.41, 5.74) is 2.43. The van der Waals surface area contributed by atoms with Gasteiger partial charge < -0.3 is 19.1 Å². The Bertz CT molecular complexity index is 1100. The number of anilines is 2. The Hall–Kier alpha value is -3.34. The van der Waals surface area contributed by atoms with Crippen molar-refractivity contribution < 1.29 is 4.74 Å². The van der Waals surface area contributed by atoms with Crippen LogP contribution in [0.3, 0.4) is 0 Å². The summed E-state index contributed by atoms with van der Waals surface area (Å²) in [6.45, 7) is 4.59. The van der Waals surface area contributed by atoms with Crippen LogP contribution in [0.1, 0.15) is 0 Å². The van der Waals surface area contributed by atoms with Gasteiger partial charge in [-0.2, -0.15) is 0 Å². The molecule has 0 spiro atoms. The second kappa shape index (κ2) is 7.00. The molecule has 0 saturated carbocycles. The predicted molar refractivity (Wildman–Crippen MR) is 102 cm³/mol. The monoisotopic (exact) mass is 380 g/mol. The number of piperazine rings is 1. The summed E-state index contributed by atoms with van der Waals surface area (Å²) in [6.07, 6.45) is 8.72. The number of imidazole rings is 1. The minimum atomic E-state index is 0.616. The van der Waals surface area contributed by atoms with Crippen LogP contribution in [0.25, 0.3) is 16.8 Å². The van der Waals surface area contributed by atoms with E-state index >= 15 is 0 Å². The molecule has 1 aliphatic rings. The molecule has 0 aromatic carbocycles. The summed E-state index contributed by atoms with van der Waals surface area (Å²) >= 11 is 0. The van der Waals surface area contributed by atoms with Crippen molar-refractivity contribution in [2.24, 2.45) is 0 Å². The van der Waals surface area contributed by atoms with Crippen LogP contribution >= 0.6 is 0 Å². The van der Waals surface area contributed by atoms with Crippen molar-refractivity contribution in [3.63, 3.8) is 0 Å². The van der Waals surface area contributed by atoms with Gasteiger partial charge in [-0.15, -0.1) is 10.2 Å². The fraction of sp³-hybridized carbons (Fsp3) is 0.412. The molecule has 11 nitrogen and oxygen atoms in total. The van der Waals surface area contributed by atoms with Gasteiger partial charge in [-0.1, -0.05) is 0 Å². The SMILES string of the molecule is COCCn1cnc2c(N3CCN(c4nccn5cnnc45)CC3)ncnc21. The van der Waals surface area contributed by atoms with E-state index in [2.05, 4.69) is 39.9 Å². The Labute approximate surface area is 160 Å². The van der Waals surface area contributed by atoms with E-state index in [4.69, 9.17) is 4.74 Å². The molecule has 0 unspecified atom stereocenters. The van der Waals surface area contributed by atoms with Crippen LogP contribution in [0, 0.1) is 0 Å². The summed E-state index contributed by atoms with van der Waals surface area (Å²) in [5.74, 6) is 1.73. The van der Waals surface area contributed by atoms with Gasteiger partial charge in [-0.3, -0.25) is 4.40 Å². The van der Waals surface area contributed by atoms with Crippen molar-refractivity contribution in [1.82, 2.24) is 39.1 Å². The van der Waals surface area contributed by atoms with Crippen LogP contribution in [-0.4, -0.2) is 79.0 Å². The third kappa shape index (κ3) is 2.80. The lowest BCUT2D eigenvalue weighted by Gasteiger charge is -2.35. The lowest BCUT2D eigenvalue weighted by atomic mass is 10.3. The fourth-order valence-electron chi connectivity index (χ4n) is 3.55. The lowest BCUT2D eigenvalue weighted by Crippen LogP contribution is -2.47. The number of fused-ring (bicyclic) bond motifs is 2. The first kappa shape index (κ1) is 16.8. The maximum Gasteiger partial charge on any atom is 0.203 e. The maximum atomic E-state index is 5.16. The van der Waals surface area contributed by atoms with Crippen LogP contribution in [-0.2, 0) is 11.3 Å². The zero-order chi connectivity index (χ0) is 18.9. The third-order valence-electron chi connectivity index (χ3n) is 4.99. The summed E-state index contributed by atoms with van der Waals surface area (Å²) < 4.78 is 9.04. The first-order valence-electron chi connectivity index (χ1n) is 9.14. The van der Waals surface area contributed by atoms with E-state index in [0.717, 1.165) is 54.6 Å². The average Bonchev–Trinajstić information content (AvgIpc) is 3.39. The molecular weight excluding hydrogens is 360 g/mol. The molecular formula is C17H20N10O. The first-order chi connectivity index (χ1) is 13.8. The topological polar surface area (TPSA) is 102 Å². The zero-order valence-corrected chi connectivity index (χ0v) is 15.5. The summed E-state index contributed by atoms with van der Waals surface area (Å²) in [4.78, 5) is 22.5. The second-order valence-electron chi connectivity index (χ2n) is 6.59. The molecule has 144 valence electrons. The fourth-order valence-corrected chi connectivity index (χ4v) is 3.55. The number of hydrogen-bond donors (Lipinski definition) is 0. The highest BCUT2D eigenvalue weighted by Gasteiger charge is 2.24. The molecule has 28 heavy (non-hydrogen) atoms. The Kier molecular flexibility index (Phi) is 4.20. The van der Waals surface area contributed by atoms with Crippen LogP contribution in [0.2, 0.25) is 0 Å². The van der Waals surface area contributed by atoms with Crippen molar-refractivity contribution in [2.75, 3.05) is 49.7 Å². The molecule has 11 heteroatoms. The van der Waals surface area contributed by atoms with Crippen molar-refractivity contribution in [3.05, 3.63) is 31.4 Å². The van der Waals surface area contributed by atoms with E-state index < -0.39 is 0 Å². The minimum Gasteiger partial charge on any atom is -0.383 e. The molecule has 0 aliphatic carbocycles. The Morgan fingerprint density at radius 2 is 1.75 bits per heavy atom. The molecule has 0 bridgehead atoms. The van der Waals surface area contributed by atoms with Gasteiger partial charge in [0.2, 0.25) is 5.65 Å². The van der Waals surface area contributed by atoms with Crippen LogP contribution in [0.15, 0.2) is 31.4 Å².